The number of fused-ring (bicyclic) bond motifs is 2. The Morgan fingerprint density at radius 1 is 0.915 bits per heavy atom. The minimum atomic E-state index is -0.378. The van der Waals surface area contributed by atoms with Crippen molar-refractivity contribution in [3.05, 3.63) is 89.6 Å². The standard InChI is InChI=1S/C37H42N8O2/c1-41(2)29-16-19-44(23-29)36-39-33-25-42(34-14-8-12-28-11-6-7-13-31(28)34)20-17-32(33)35(40-36)43-21-22-45(30(24-43)15-18-38)37(46)47-26-27-9-4-3-5-10-27/h3-14,29-30H,15-17,19-26H2,1-2H3. The van der Waals surface area contributed by atoms with Crippen LogP contribution in [0.4, 0.5) is 22.2 Å². The highest BCUT2D eigenvalue weighted by Gasteiger charge is 2.36. The molecule has 47 heavy (non-hydrogen) atoms. The van der Waals surface area contributed by atoms with Gasteiger partial charge in [0.2, 0.25) is 5.95 Å². The molecule has 0 aliphatic carbocycles. The molecule has 0 radical (unpaired) electrons. The number of benzene rings is 3. The van der Waals surface area contributed by atoms with Crippen LogP contribution in [-0.4, -0.2) is 91.3 Å². The zero-order valence-electron chi connectivity index (χ0n) is 27.3. The second-order valence-electron chi connectivity index (χ2n) is 13.0. The van der Waals surface area contributed by atoms with Crippen LogP contribution in [0.3, 0.4) is 0 Å². The van der Waals surface area contributed by atoms with E-state index in [0.717, 1.165) is 55.5 Å². The van der Waals surface area contributed by atoms with Gasteiger partial charge in [-0.25, -0.2) is 9.78 Å². The van der Waals surface area contributed by atoms with Crippen LogP contribution in [0, 0.1) is 11.3 Å². The van der Waals surface area contributed by atoms with Crippen molar-refractivity contribution >= 4 is 34.3 Å². The van der Waals surface area contributed by atoms with Crippen LogP contribution >= 0.6 is 0 Å². The maximum atomic E-state index is 13.2. The van der Waals surface area contributed by atoms with Gasteiger partial charge in [-0.1, -0.05) is 66.7 Å². The van der Waals surface area contributed by atoms with Gasteiger partial charge in [0, 0.05) is 61.9 Å². The third kappa shape index (κ3) is 6.41. The quantitative estimate of drug-likeness (QED) is 0.278. The van der Waals surface area contributed by atoms with Crippen molar-refractivity contribution in [3.63, 3.8) is 0 Å². The molecule has 7 rings (SSSR count). The summed E-state index contributed by atoms with van der Waals surface area (Å²) in [5, 5.41) is 12.2. The number of nitriles is 1. The lowest BCUT2D eigenvalue weighted by Gasteiger charge is -2.42. The van der Waals surface area contributed by atoms with Crippen LogP contribution in [-0.2, 0) is 24.3 Å². The fourth-order valence-corrected chi connectivity index (χ4v) is 7.21. The molecule has 0 spiro atoms. The predicted molar refractivity (Wildman–Crippen MR) is 185 cm³/mol. The second-order valence-corrected chi connectivity index (χ2v) is 13.0. The number of hydrogen-bond acceptors (Lipinski definition) is 9. The third-order valence-electron chi connectivity index (χ3n) is 9.86. The Morgan fingerprint density at radius 3 is 2.53 bits per heavy atom. The first-order valence-corrected chi connectivity index (χ1v) is 16.6. The number of aromatic nitrogens is 2. The lowest BCUT2D eigenvalue weighted by molar-refractivity contribution is 0.0768. The van der Waals surface area contributed by atoms with E-state index in [9.17, 15) is 10.1 Å². The Morgan fingerprint density at radius 2 is 1.72 bits per heavy atom. The number of nitrogens with zero attached hydrogens (tertiary/aromatic N) is 8. The average molecular weight is 631 g/mol. The van der Waals surface area contributed by atoms with Gasteiger partial charge in [0.15, 0.2) is 0 Å². The summed E-state index contributed by atoms with van der Waals surface area (Å²) in [5.41, 5.74) is 4.39. The van der Waals surface area contributed by atoms with Gasteiger partial charge in [0.25, 0.3) is 0 Å². The summed E-state index contributed by atoms with van der Waals surface area (Å²) < 4.78 is 5.69. The number of carbonyl (C=O) groups excluding carboxylic acids is 1. The molecular formula is C37H42N8O2. The van der Waals surface area contributed by atoms with Gasteiger partial charge in [-0.05, 0) is 44.0 Å². The van der Waals surface area contributed by atoms with Gasteiger partial charge in [-0.3, -0.25) is 0 Å². The van der Waals surface area contributed by atoms with Crippen molar-refractivity contribution < 1.29 is 9.53 Å². The van der Waals surface area contributed by atoms with E-state index >= 15 is 0 Å². The van der Waals surface area contributed by atoms with Crippen molar-refractivity contribution in [1.82, 2.24) is 19.8 Å². The Kier molecular flexibility index (Phi) is 8.81. The van der Waals surface area contributed by atoms with Gasteiger partial charge in [-0.2, -0.15) is 10.2 Å². The predicted octanol–water partition coefficient (Wildman–Crippen LogP) is 5.07. The lowest BCUT2D eigenvalue weighted by Crippen LogP contribution is -2.56. The average Bonchev–Trinajstić information content (AvgIpc) is 3.61. The number of amides is 1. The first kappa shape index (κ1) is 30.8. The molecule has 2 unspecified atom stereocenters. The van der Waals surface area contributed by atoms with Crippen LogP contribution in [0.5, 0.6) is 0 Å². The summed E-state index contributed by atoms with van der Waals surface area (Å²) in [6.45, 7) is 5.15. The van der Waals surface area contributed by atoms with E-state index in [0.29, 0.717) is 32.2 Å². The van der Waals surface area contributed by atoms with Crippen LogP contribution in [0.2, 0.25) is 0 Å². The summed E-state index contributed by atoms with van der Waals surface area (Å²) in [4.78, 5) is 34.8. The van der Waals surface area contributed by atoms with Crippen molar-refractivity contribution in [1.29, 1.82) is 5.26 Å². The monoisotopic (exact) mass is 630 g/mol. The van der Waals surface area contributed by atoms with Gasteiger partial charge in [0.1, 0.15) is 12.4 Å². The van der Waals surface area contributed by atoms with E-state index in [1.54, 1.807) is 4.90 Å². The number of carbonyl (C=O) groups is 1. The zero-order chi connectivity index (χ0) is 32.3. The van der Waals surface area contributed by atoms with Crippen LogP contribution in [0.25, 0.3) is 10.8 Å². The molecule has 1 aromatic heterocycles. The van der Waals surface area contributed by atoms with E-state index in [4.69, 9.17) is 14.7 Å². The highest BCUT2D eigenvalue weighted by molar-refractivity contribution is 5.94. The maximum absolute atomic E-state index is 13.2. The molecule has 10 heteroatoms. The van der Waals surface area contributed by atoms with Crippen molar-refractivity contribution in [2.75, 3.05) is 68.1 Å². The number of rotatable bonds is 7. The molecule has 2 saturated heterocycles. The molecule has 3 aliphatic heterocycles. The van der Waals surface area contributed by atoms with Gasteiger partial charge < -0.3 is 29.2 Å². The molecule has 0 bridgehead atoms. The molecule has 3 aromatic carbocycles. The number of hydrogen-bond donors (Lipinski definition) is 0. The number of piperazine rings is 1. The smallest absolute Gasteiger partial charge is 0.410 e. The Bertz CT molecular complexity index is 1770. The second kappa shape index (κ2) is 13.5. The van der Waals surface area contributed by atoms with Gasteiger partial charge in [0.05, 0.1) is 30.8 Å². The summed E-state index contributed by atoms with van der Waals surface area (Å²) in [7, 11) is 4.27. The SMILES string of the molecule is CN(C)C1CCN(c2nc3c(c(N4CCN(C(=O)OCc5ccccc5)C(CC#N)C4)n2)CCN(c2cccc4ccccc24)C3)C1. The van der Waals surface area contributed by atoms with E-state index in [1.165, 1.54) is 22.0 Å². The lowest BCUT2D eigenvalue weighted by atomic mass is 10.0. The molecule has 242 valence electrons. The van der Waals surface area contributed by atoms with Crippen molar-refractivity contribution in [3.8, 4) is 6.07 Å². The Hall–Kier alpha value is -4.88. The highest BCUT2D eigenvalue weighted by atomic mass is 16.6. The molecule has 2 atom stereocenters. The Labute approximate surface area is 276 Å². The number of anilines is 3. The van der Waals surface area contributed by atoms with E-state index < -0.39 is 0 Å². The fourth-order valence-electron chi connectivity index (χ4n) is 7.21. The van der Waals surface area contributed by atoms with Crippen molar-refractivity contribution in [2.24, 2.45) is 0 Å². The molecule has 4 aromatic rings. The normalized spacial score (nSPS) is 19.6. The third-order valence-corrected chi connectivity index (χ3v) is 9.86. The largest absolute Gasteiger partial charge is 0.445 e. The van der Waals surface area contributed by atoms with Crippen LogP contribution in [0.1, 0.15) is 29.7 Å². The molecule has 3 aliphatic rings. The molecular weight excluding hydrogens is 588 g/mol. The van der Waals surface area contributed by atoms with Gasteiger partial charge >= 0.3 is 6.09 Å². The molecule has 4 heterocycles. The molecule has 1 amide bonds. The number of likely N-dealkylation sites (N-methyl/N-ethyl adjacent to an activating group) is 1. The summed E-state index contributed by atoms with van der Waals surface area (Å²) in [6.07, 6.45) is 1.73. The topological polar surface area (TPSA) is 92.1 Å². The van der Waals surface area contributed by atoms with E-state index in [-0.39, 0.29) is 25.2 Å². The summed E-state index contributed by atoms with van der Waals surface area (Å²) >= 11 is 0. The molecule has 0 saturated carbocycles. The summed E-state index contributed by atoms with van der Waals surface area (Å²) in [5.74, 6) is 1.71. The van der Waals surface area contributed by atoms with Crippen molar-refractivity contribution in [2.45, 2.75) is 44.5 Å². The zero-order valence-corrected chi connectivity index (χ0v) is 27.3. The van der Waals surface area contributed by atoms with Crippen LogP contribution in [0.15, 0.2) is 72.8 Å². The Balaban J connectivity index is 1.17. The fraction of sp³-hybridized carbons (Fsp3) is 0.405. The van der Waals surface area contributed by atoms with E-state index in [2.05, 4.69) is 82.2 Å². The first-order chi connectivity index (χ1) is 23.0. The molecule has 2 fully saturated rings. The molecule has 0 N–H and O–H groups in total. The van der Waals surface area contributed by atoms with Gasteiger partial charge in [-0.15, -0.1) is 0 Å². The maximum Gasteiger partial charge on any atom is 0.410 e. The van der Waals surface area contributed by atoms with Crippen LogP contribution < -0.4 is 14.7 Å². The summed E-state index contributed by atoms with van der Waals surface area (Å²) in [6, 6.07) is 27.2. The highest BCUT2D eigenvalue weighted by Crippen LogP contribution is 2.35. The minimum Gasteiger partial charge on any atom is -0.445 e. The first-order valence-electron chi connectivity index (χ1n) is 16.6. The number of ether oxygens (including phenoxy) is 1. The van der Waals surface area contributed by atoms with E-state index in [1.807, 2.05) is 30.3 Å². The minimum absolute atomic E-state index is 0.207. The molecule has 10 nitrogen and oxygen atoms in total.